The molecule has 1 aromatic rings. The third-order valence-corrected chi connectivity index (χ3v) is 4.29. The van der Waals surface area contributed by atoms with E-state index in [1.807, 2.05) is 6.92 Å². The van der Waals surface area contributed by atoms with Crippen LogP contribution >= 0.6 is 0 Å². The fraction of sp³-hybridized carbons (Fsp3) is 0.556. The first-order valence-electron chi connectivity index (χ1n) is 8.63. The Morgan fingerprint density at radius 2 is 1.71 bits per heavy atom. The fourth-order valence-corrected chi connectivity index (χ4v) is 2.93. The van der Waals surface area contributed by atoms with Crippen molar-refractivity contribution in [1.82, 2.24) is 16.0 Å². The van der Waals surface area contributed by atoms with Gasteiger partial charge in [-0.1, -0.05) is 19.8 Å². The van der Waals surface area contributed by atoms with Gasteiger partial charge in [0.15, 0.2) is 0 Å². The van der Waals surface area contributed by atoms with Crippen LogP contribution in [0.4, 0.5) is 4.79 Å². The molecule has 6 heteroatoms. The third-order valence-electron chi connectivity index (χ3n) is 4.29. The van der Waals surface area contributed by atoms with E-state index in [-0.39, 0.29) is 24.0 Å². The zero-order chi connectivity index (χ0) is 17.4. The SMILES string of the molecule is CCCNC(=O)NC1CCCCC1NC(=O)c1ccc(OC)cc1. The molecule has 3 N–H and O–H groups in total. The second kappa shape index (κ2) is 9.15. The summed E-state index contributed by atoms with van der Waals surface area (Å²) in [6.45, 7) is 2.67. The molecule has 0 saturated heterocycles. The van der Waals surface area contributed by atoms with Crippen LogP contribution in [-0.4, -0.2) is 37.7 Å². The van der Waals surface area contributed by atoms with Gasteiger partial charge in [-0.15, -0.1) is 0 Å². The van der Waals surface area contributed by atoms with E-state index in [1.54, 1.807) is 31.4 Å². The van der Waals surface area contributed by atoms with Crippen molar-refractivity contribution in [3.63, 3.8) is 0 Å². The molecule has 2 rings (SSSR count). The van der Waals surface area contributed by atoms with Crippen LogP contribution in [0, 0.1) is 0 Å². The molecule has 0 heterocycles. The Morgan fingerprint density at radius 1 is 1.08 bits per heavy atom. The van der Waals surface area contributed by atoms with Gasteiger partial charge >= 0.3 is 6.03 Å². The molecule has 2 atom stereocenters. The fourth-order valence-electron chi connectivity index (χ4n) is 2.93. The van der Waals surface area contributed by atoms with Crippen LogP contribution in [0.2, 0.25) is 0 Å². The molecule has 0 bridgehead atoms. The minimum atomic E-state index is -0.160. The van der Waals surface area contributed by atoms with Gasteiger partial charge in [-0.25, -0.2) is 4.79 Å². The Hall–Kier alpha value is -2.24. The van der Waals surface area contributed by atoms with E-state index < -0.39 is 0 Å². The van der Waals surface area contributed by atoms with Crippen LogP contribution in [-0.2, 0) is 0 Å². The minimum Gasteiger partial charge on any atom is -0.497 e. The predicted octanol–water partition coefficient (Wildman–Crippen LogP) is 2.45. The number of benzene rings is 1. The van der Waals surface area contributed by atoms with Crippen molar-refractivity contribution in [1.29, 1.82) is 0 Å². The van der Waals surface area contributed by atoms with Gasteiger partial charge in [0.25, 0.3) is 5.91 Å². The Labute approximate surface area is 143 Å². The second-order valence-electron chi connectivity index (χ2n) is 6.10. The molecule has 3 amide bonds. The van der Waals surface area contributed by atoms with E-state index in [2.05, 4.69) is 16.0 Å². The first-order chi connectivity index (χ1) is 11.6. The van der Waals surface area contributed by atoms with Gasteiger partial charge in [0, 0.05) is 18.2 Å². The number of hydrogen-bond donors (Lipinski definition) is 3. The molecule has 2 unspecified atom stereocenters. The van der Waals surface area contributed by atoms with Crippen LogP contribution in [0.25, 0.3) is 0 Å². The molecule has 24 heavy (non-hydrogen) atoms. The van der Waals surface area contributed by atoms with Gasteiger partial charge in [-0.05, 0) is 43.5 Å². The number of ether oxygens (including phenoxy) is 1. The van der Waals surface area contributed by atoms with Gasteiger partial charge in [-0.2, -0.15) is 0 Å². The lowest BCUT2D eigenvalue weighted by Crippen LogP contribution is -2.55. The number of carbonyl (C=O) groups excluding carboxylic acids is 2. The lowest BCUT2D eigenvalue weighted by atomic mass is 9.90. The molecule has 0 aliphatic heterocycles. The van der Waals surface area contributed by atoms with Crippen molar-refractivity contribution in [2.24, 2.45) is 0 Å². The quantitative estimate of drug-likeness (QED) is 0.748. The highest BCUT2D eigenvalue weighted by molar-refractivity contribution is 5.94. The van der Waals surface area contributed by atoms with Crippen molar-refractivity contribution in [2.45, 2.75) is 51.1 Å². The molecule has 1 aliphatic carbocycles. The largest absolute Gasteiger partial charge is 0.497 e. The Balaban J connectivity index is 1.94. The van der Waals surface area contributed by atoms with Crippen molar-refractivity contribution >= 4 is 11.9 Å². The minimum absolute atomic E-state index is 0.0298. The maximum atomic E-state index is 12.4. The highest BCUT2D eigenvalue weighted by Crippen LogP contribution is 2.19. The van der Waals surface area contributed by atoms with Gasteiger partial charge in [-0.3, -0.25) is 4.79 Å². The maximum absolute atomic E-state index is 12.4. The summed E-state index contributed by atoms with van der Waals surface area (Å²) in [7, 11) is 1.59. The number of amides is 3. The topological polar surface area (TPSA) is 79.5 Å². The van der Waals surface area contributed by atoms with E-state index in [1.165, 1.54) is 0 Å². The van der Waals surface area contributed by atoms with E-state index in [0.29, 0.717) is 12.1 Å². The molecule has 1 fully saturated rings. The zero-order valence-corrected chi connectivity index (χ0v) is 14.4. The summed E-state index contributed by atoms with van der Waals surface area (Å²) < 4.78 is 5.11. The van der Waals surface area contributed by atoms with Gasteiger partial charge < -0.3 is 20.7 Å². The average molecular weight is 333 g/mol. The Bertz CT molecular complexity index is 545. The van der Waals surface area contributed by atoms with E-state index in [9.17, 15) is 9.59 Å². The third kappa shape index (κ3) is 5.15. The molecular formula is C18H27N3O3. The van der Waals surface area contributed by atoms with Crippen molar-refractivity contribution in [3.05, 3.63) is 29.8 Å². The monoisotopic (exact) mass is 333 g/mol. The first-order valence-corrected chi connectivity index (χ1v) is 8.63. The van der Waals surface area contributed by atoms with Crippen molar-refractivity contribution in [2.75, 3.05) is 13.7 Å². The van der Waals surface area contributed by atoms with Gasteiger partial charge in [0.05, 0.1) is 13.2 Å². The summed E-state index contributed by atoms with van der Waals surface area (Å²) in [6.07, 6.45) is 4.78. The van der Waals surface area contributed by atoms with E-state index in [0.717, 1.165) is 37.9 Å². The van der Waals surface area contributed by atoms with Crippen LogP contribution in [0.1, 0.15) is 49.4 Å². The molecule has 0 radical (unpaired) electrons. The summed E-state index contributed by atoms with van der Waals surface area (Å²) in [4.78, 5) is 24.3. The van der Waals surface area contributed by atoms with Crippen LogP contribution in [0.15, 0.2) is 24.3 Å². The van der Waals surface area contributed by atoms with Gasteiger partial charge in [0.2, 0.25) is 0 Å². The molecule has 1 aromatic carbocycles. The lowest BCUT2D eigenvalue weighted by molar-refractivity contribution is 0.0916. The molecule has 132 valence electrons. The number of rotatable bonds is 6. The molecule has 1 aliphatic rings. The summed E-state index contributed by atoms with van der Waals surface area (Å²) >= 11 is 0. The molecule has 1 saturated carbocycles. The van der Waals surface area contributed by atoms with E-state index >= 15 is 0 Å². The lowest BCUT2D eigenvalue weighted by Gasteiger charge is -2.32. The molecule has 0 aromatic heterocycles. The molecule has 0 spiro atoms. The van der Waals surface area contributed by atoms with Gasteiger partial charge in [0.1, 0.15) is 5.75 Å². The predicted molar refractivity (Wildman–Crippen MR) is 93.3 cm³/mol. The highest BCUT2D eigenvalue weighted by Gasteiger charge is 2.28. The first kappa shape index (κ1) is 18.1. The van der Waals surface area contributed by atoms with Crippen molar-refractivity contribution < 1.29 is 14.3 Å². The maximum Gasteiger partial charge on any atom is 0.315 e. The number of urea groups is 1. The highest BCUT2D eigenvalue weighted by atomic mass is 16.5. The summed E-state index contributed by atoms with van der Waals surface area (Å²) in [5.41, 5.74) is 0.593. The molecule has 6 nitrogen and oxygen atoms in total. The number of carbonyl (C=O) groups is 2. The van der Waals surface area contributed by atoms with Crippen LogP contribution in [0.5, 0.6) is 5.75 Å². The Morgan fingerprint density at radius 3 is 2.29 bits per heavy atom. The van der Waals surface area contributed by atoms with Crippen molar-refractivity contribution in [3.8, 4) is 5.75 Å². The number of hydrogen-bond acceptors (Lipinski definition) is 3. The summed E-state index contributed by atoms with van der Waals surface area (Å²) in [6, 6.07) is 6.79. The number of methoxy groups -OCH3 is 1. The average Bonchev–Trinajstić information content (AvgIpc) is 2.61. The second-order valence-corrected chi connectivity index (χ2v) is 6.10. The van der Waals surface area contributed by atoms with E-state index in [4.69, 9.17) is 4.74 Å². The smallest absolute Gasteiger partial charge is 0.315 e. The number of nitrogens with one attached hydrogen (secondary N) is 3. The summed E-state index contributed by atoms with van der Waals surface area (Å²) in [5, 5.41) is 8.88. The standard InChI is InChI=1S/C18H27N3O3/c1-3-12-19-18(23)21-16-7-5-4-6-15(16)20-17(22)13-8-10-14(24-2)11-9-13/h8-11,15-16H,3-7,12H2,1-2H3,(H,20,22)(H2,19,21,23). The van der Waals surface area contributed by atoms with Crippen LogP contribution < -0.4 is 20.7 Å². The zero-order valence-electron chi connectivity index (χ0n) is 14.4. The van der Waals surface area contributed by atoms with Crippen LogP contribution in [0.3, 0.4) is 0 Å². The Kier molecular flexibility index (Phi) is 6.90. The normalized spacial score (nSPS) is 20.1. The summed E-state index contributed by atoms with van der Waals surface area (Å²) in [5.74, 6) is 0.599. The molecular weight excluding hydrogens is 306 g/mol.